The first-order valence-corrected chi connectivity index (χ1v) is 22.2. The van der Waals surface area contributed by atoms with E-state index >= 15 is 0 Å². The normalized spacial score (nSPS) is 22.4. The average molecular weight is 925 g/mol. The number of ether oxygens (including phenoxy) is 3. The number of phenolic OH excluding ortho intramolecular Hbond substituents is 10. The van der Waals surface area contributed by atoms with Crippen molar-refractivity contribution in [3.63, 3.8) is 0 Å². The molecule has 13 nitrogen and oxygen atoms in total. The molecule has 0 amide bonds. The fourth-order valence-electron chi connectivity index (χ4n) is 10.8. The van der Waals surface area contributed by atoms with Gasteiger partial charge in [0, 0.05) is 47.2 Å². The molecule has 8 atom stereocenters. The number of benzene rings is 8. The number of aromatic hydroxyl groups is 10. The van der Waals surface area contributed by atoms with Crippen molar-refractivity contribution in [1.82, 2.24) is 0 Å². The van der Waals surface area contributed by atoms with Gasteiger partial charge in [-0.3, -0.25) is 0 Å². The van der Waals surface area contributed by atoms with Gasteiger partial charge >= 0.3 is 0 Å². The molecule has 0 bridgehead atoms. The van der Waals surface area contributed by atoms with Gasteiger partial charge in [-0.2, -0.15) is 0 Å². The van der Waals surface area contributed by atoms with Gasteiger partial charge in [0.1, 0.15) is 81.2 Å². The Balaban J connectivity index is 1.20. The largest absolute Gasteiger partial charge is 0.508 e. The molecule has 69 heavy (non-hydrogen) atoms. The zero-order valence-corrected chi connectivity index (χ0v) is 36.3. The third-order valence-corrected chi connectivity index (χ3v) is 13.6. The molecule has 1 fully saturated rings. The Morgan fingerprint density at radius 1 is 0.261 bits per heavy atom. The van der Waals surface area contributed by atoms with Gasteiger partial charge in [0.2, 0.25) is 0 Å². The van der Waals surface area contributed by atoms with Gasteiger partial charge in [0.05, 0.1) is 24.0 Å². The molecule has 0 aliphatic carbocycles. The van der Waals surface area contributed by atoms with Crippen LogP contribution in [-0.4, -0.2) is 51.1 Å². The Hall–Kier alpha value is -8.68. The Kier molecular flexibility index (Phi) is 10.3. The molecule has 8 aromatic rings. The maximum absolute atomic E-state index is 11.8. The van der Waals surface area contributed by atoms with Crippen LogP contribution in [0.1, 0.15) is 104 Å². The number of rotatable bonds is 8. The quantitative estimate of drug-likeness (QED) is 0.0685. The molecule has 0 saturated carbocycles. The molecular weight excluding hydrogens is 881 g/mol. The van der Waals surface area contributed by atoms with Crippen molar-refractivity contribution in [2.45, 2.75) is 48.1 Å². The summed E-state index contributed by atoms with van der Waals surface area (Å²) in [6.07, 6.45) is -3.37. The van der Waals surface area contributed by atoms with E-state index in [9.17, 15) is 51.1 Å². The summed E-state index contributed by atoms with van der Waals surface area (Å²) in [6, 6.07) is 40.9. The molecule has 13 heteroatoms. The molecule has 1 unspecified atom stereocenters. The van der Waals surface area contributed by atoms with Gasteiger partial charge in [-0.15, -0.1) is 0 Å². The fraction of sp³-hybridized carbons (Fsp3) is 0.143. The van der Waals surface area contributed by atoms with Crippen molar-refractivity contribution in [2.75, 3.05) is 0 Å². The van der Waals surface area contributed by atoms with Crippen LogP contribution in [0.15, 0.2) is 158 Å². The van der Waals surface area contributed by atoms with Crippen molar-refractivity contribution in [3.8, 4) is 69.0 Å². The summed E-state index contributed by atoms with van der Waals surface area (Å²) >= 11 is 0. The van der Waals surface area contributed by atoms with Gasteiger partial charge in [0.25, 0.3) is 0 Å². The van der Waals surface area contributed by atoms with Crippen molar-refractivity contribution in [2.24, 2.45) is 0 Å². The van der Waals surface area contributed by atoms with Crippen molar-refractivity contribution < 1.29 is 65.3 Å². The second-order valence-corrected chi connectivity index (χ2v) is 17.9. The molecule has 3 aliphatic rings. The minimum Gasteiger partial charge on any atom is -0.508 e. The average Bonchev–Trinajstić information content (AvgIpc) is 4.01. The van der Waals surface area contributed by atoms with Gasteiger partial charge in [-0.25, -0.2) is 0 Å². The molecule has 10 N–H and O–H groups in total. The maximum atomic E-state index is 11.8. The number of hydrogen-bond acceptors (Lipinski definition) is 13. The first kappa shape index (κ1) is 42.9. The third kappa shape index (κ3) is 7.68. The molecule has 0 radical (unpaired) electrons. The lowest BCUT2D eigenvalue weighted by atomic mass is 9.70. The lowest BCUT2D eigenvalue weighted by Gasteiger charge is -2.30. The maximum Gasteiger partial charge on any atom is 0.135 e. The lowest BCUT2D eigenvalue weighted by Crippen LogP contribution is -2.19. The Morgan fingerprint density at radius 2 is 0.594 bits per heavy atom. The number of phenols is 10. The number of hydrogen-bond donors (Lipinski definition) is 10. The molecular formula is C56H44O13. The molecule has 346 valence electrons. The fourth-order valence-corrected chi connectivity index (χ4v) is 10.8. The Bertz CT molecular complexity index is 3200. The smallest absolute Gasteiger partial charge is 0.135 e. The minimum absolute atomic E-state index is 0.00798. The summed E-state index contributed by atoms with van der Waals surface area (Å²) in [5.74, 6) is -3.64. The second-order valence-electron chi connectivity index (χ2n) is 17.9. The monoisotopic (exact) mass is 924 g/mol. The van der Waals surface area contributed by atoms with Gasteiger partial charge < -0.3 is 65.3 Å². The molecule has 3 aliphatic heterocycles. The van der Waals surface area contributed by atoms with Crippen LogP contribution in [0.2, 0.25) is 0 Å². The van der Waals surface area contributed by atoms with Gasteiger partial charge in [-0.05, 0) is 129 Å². The van der Waals surface area contributed by atoms with Crippen molar-refractivity contribution >= 4 is 0 Å². The standard InChI is InChI=1S/C56H44O13/c57-33-9-1-27(2-10-33)53-47(31-17-37(61)21-38(62)18-31)49-43(23-41(65)25-45(49)67-53)52-50-44(24-42(66)26-46(50)68-55(52)29-5-13-35(59)14-6-29)51-48(32-19-39(63)22-40(64)20-32)54(28-3-11-34(58)12-4-28)69-56(51)30-7-15-36(60)16-8-30/h1-26,47-48,51-66H/t47-,48+,51-,52?,53+,54-,55-,56-/m1/s1. The summed E-state index contributed by atoms with van der Waals surface area (Å²) in [4.78, 5) is 0. The first-order chi connectivity index (χ1) is 33.3. The number of fused-ring (bicyclic) bond motifs is 2. The van der Waals surface area contributed by atoms with Crippen molar-refractivity contribution in [3.05, 3.63) is 213 Å². The molecule has 11 rings (SSSR count). The Labute approximate surface area is 394 Å². The van der Waals surface area contributed by atoms with E-state index in [1.165, 1.54) is 72.8 Å². The lowest BCUT2D eigenvalue weighted by molar-refractivity contribution is 0.0366. The molecule has 0 spiro atoms. The van der Waals surface area contributed by atoms with Crippen LogP contribution in [-0.2, 0) is 4.74 Å². The van der Waals surface area contributed by atoms with Gasteiger partial charge in [-0.1, -0.05) is 48.5 Å². The van der Waals surface area contributed by atoms with E-state index in [-0.39, 0.29) is 63.2 Å². The van der Waals surface area contributed by atoms with E-state index in [0.29, 0.717) is 61.4 Å². The topological polar surface area (TPSA) is 230 Å². The first-order valence-electron chi connectivity index (χ1n) is 22.2. The zero-order valence-electron chi connectivity index (χ0n) is 36.3. The van der Waals surface area contributed by atoms with Crippen LogP contribution in [0.3, 0.4) is 0 Å². The van der Waals surface area contributed by atoms with Crippen LogP contribution in [0.5, 0.6) is 69.0 Å². The highest BCUT2D eigenvalue weighted by molar-refractivity contribution is 5.65. The van der Waals surface area contributed by atoms with E-state index in [2.05, 4.69) is 0 Å². The highest BCUT2D eigenvalue weighted by atomic mass is 16.5. The van der Waals surface area contributed by atoms with E-state index in [0.717, 1.165) is 0 Å². The second kappa shape index (κ2) is 16.6. The van der Waals surface area contributed by atoms with Crippen molar-refractivity contribution in [1.29, 1.82) is 0 Å². The highest BCUT2D eigenvalue weighted by Gasteiger charge is 2.52. The Morgan fingerprint density at radius 3 is 1.03 bits per heavy atom. The predicted octanol–water partition coefficient (Wildman–Crippen LogP) is 10.7. The summed E-state index contributed by atoms with van der Waals surface area (Å²) in [5, 5.41) is 109. The zero-order chi connectivity index (χ0) is 47.8. The summed E-state index contributed by atoms with van der Waals surface area (Å²) in [6.45, 7) is 0. The molecule has 8 aromatic carbocycles. The third-order valence-electron chi connectivity index (χ3n) is 13.6. The van der Waals surface area contributed by atoms with Crippen LogP contribution < -0.4 is 9.47 Å². The summed E-state index contributed by atoms with van der Waals surface area (Å²) in [5.41, 5.74) is 5.70. The van der Waals surface area contributed by atoms with E-state index in [1.807, 2.05) is 0 Å². The van der Waals surface area contributed by atoms with E-state index < -0.39 is 48.1 Å². The van der Waals surface area contributed by atoms with Crippen LogP contribution in [0.4, 0.5) is 0 Å². The molecule has 3 heterocycles. The predicted molar refractivity (Wildman–Crippen MR) is 251 cm³/mol. The van der Waals surface area contributed by atoms with Gasteiger partial charge in [0.15, 0.2) is 0 Å². The summed E-state index contributed by atoms with van der Waals surface area (Å²) in [7, 11) is 0. The van der Waals surface area contributed by atoms with Crippen LogP contribution in [0, 0.1) is 0 Å². The van der Waals surface area contributed by atoms with E-state index in [1.54, 1.807) is 84.9 Å². The molecule has 0 aromatic heterocycles. The van der Waals surface area contributed by atoms with Crippen LogP contribution >= 0.6 is 0 Å². The SMILES string of the molecule is Oc1ccc([C@H]2Oc3cc(O)cc([C@@H]4[C@H](c5cc(O)cc(O)c5)[C@@H](c5ccc(O)cc5)O[C@@H]4c4ccc(O)cc4)c3C2c2cc(O)cc3c2[C@@H](c2cc(O)cc(O)c2)[C@H](c2ccc(O)cc2)O3)cc1. The highest BCUT2D eigenvalue weighted by Crippen LogP contribution is 2.65. The minimum atomic E-state index is -0.899. The van der Waals surface area contributed by atoms with E-state index in [4.69, 9.17) is 14.2 Å². The summed E-state index contributed by atoms with van der Waals surface area (Å²) < 4.78 is 20.9. The van der Waals surface area contributed by atoms with Crippen LogP contribution in [0.25, 0.3) is 0 Å². The molecule has 1 saturated heterocycles.